The summed E-state index contributed by atoms with van der Waals surface area (Å²) >= 11 is 0. The van der Waals surface area contributed by atoms with Crippen molar-refractivity contribution >= 4 is 7.37 Å². The Morgan fingerprint density at radius 2 is 1.93 bits per heavy atom. The van der Waals surface area contributed by atoms with Crippen LogP contribution in [0.2, 0.25) is 0 Å². The van der Waals surface area contributed by atoms with Crippen LogP contribution < -0.4 is 0 Å². The van der Waals surface area contributed by atoms with E-state index in [0.717, 1.165) is 19.3 Å². The van der Waals surface area contributed by atoms with Gasteiger partial charge in [0.1, 0.15) is 0 Å². The molecule has 1 rings (SSSR count). The zero-order chi connectivity index (χ0) is 11.1. The molecule has 0 bridgehead atoms. The quantitative estimate of drug-likeness (QED) is 0.647. The molecule has 3 heteroatoms. The lowest BCUT2D eigenvalue weighted by Gasteiger charge is -2.25. The number of allylic oxidation sites excluding steroid dienone is 1. The fraction of sp³-hybridized carbons (Fsp3) is 0.833. The van der Waals surface area contributed by atoms with E-state index in [0.29, 0.717) is 6.16 Å². The maximum absolute atomic E-state index is 12.3. The summed E-state index contributed by atoms with van der Waals surface area (Å²) in [5, 5.41) is 0. The van der Waals surface area contributed by atoms with Crippen LogP contribution in [0.4, 0.5) is 0 Å². The Morgan fingerprint density at radius 3 is 2.47 bits per heavy atom. The molecule has 0 radical (unpaired) electrons. The molecule has 0 spiro atoms. The Labute approximate surface area is 93.5 Å². The molecule has 15 heavy (non-hydrogen) atoms. The SMILES string of the molecule is CCC=CP(=O)(CC)OC1CCCCC1. The van der Waals surface area contributed by atoms with Crippen LogP contribution in [0, 0.1) is 0 Å². The maximum atomic E-state index is 12.3. The molecule has 0 N–H and O–H groups in total. The van der Waals surface area contributed by atoms with Gasteiger partial charge in [-0.15, -0.1) is 0 Å². The average molecular weight is 230 g/mol. The minimum absolute atomic E-state index is 0.242. The molecule has 0 aromatic carbocycles. The first-order chi connectivity index (χ1) is 7.20. The molecular weight excluding hydrogens is 207 g/mol. The predicted octanol–water partition coefficient (Wildman–Crippen LogP) is 4.56. The monoisotopic (exact) mass is 230 g/mol. The van der Waals surface area contributed by atoms with Crippen LogP contribution in [0.3, 0.4) is 0 Å². The third-order valence-corrected chi connectivity index (χ3v) is 5.09. The van der Waals surface area contributed by atoms with Crippen LogP contribution in [0.15, 0.2) is 11.9 Å². The van der Waals surface area contributed by atoms with Crippen LogP contribution in [0.1, 0.15) is 52.4 Å². The highest BCUT2D eigenvalue weighted by molar-refractivity contribution is 7.62. The second kappa shape index (κ2) is 6.50. The first-order valence-electron chi connectivity index (χ1n) is 6.15. The first kappa shape index (κ1) is 13.0. The van der Waals surface area contributed by atoms with Crippen molar-refractivity contribution in [1.82, 2.24) is 0 Å². The normalized spacial score (nSPS) is 23.1. The Balaban J connectivity index is 2.50. The highest BCUT2D eigenvalue weighted by Crippen LogP contribution is 2.50. The van der Waals surface area contributed by atoms with Gasteiger partial charge in [0.25, 0.3) is 0 Å². The molecule has 1 saturated carbocycles. The van der Waals surface area contributed by atoms with Gasteiger partial charge in [0.2, 0.25) is 7.37 Å². The van der Waals surface area contributed by atoms with Gasteiger partial charge in [-0.1, -0.05) is 39.2 Å². The molecule has 0 aromatic heterocycles. The molecule has 0 saturated heterocycles. The molecule has 0 aliphatic heterocycles. The van der Waals surface area contributed by atoms with E-state index in [2.05, 4.69) is 6.92 Å². The zero-order valence-corrected chi connectivity index (χ0v) is 10.8. The van der Waals surface area contributed by atoms with Crippen molar-refractivity contribution in [1.29, 1.82) is 0 Å². The van der Waals surface area contributed by atoms with E-state index in [-0.39, 0.29) is 6.10 Å². The first-order valence-corrected chi connectivity index (χ1v) is 8.03. The highest BCUT2D eigenvalue weighted by atomic mass is 31.2. The van der Waals surface area contributed by atoms with Gasteiger partial charge in [0, 0.05) is 6.16 Å². The summed E-state index contributed by atoms with van der Waals surface area (Å²) in [5.41, 5.74) is 0. The summed E-state index contributed by atoms with van der Waals surface area (Å²) in [4.78, 5) is 0. The van der Waals surface area contributed by atoms with Crippen LogP contribution in [-0.2, 0) is 9.09 Å². The fourth-order valence-electron chi connectivity index (χ4n) is 1.90. The number of hydrogen-bond donors (Lipinski definition) is 0. The van der Waals surface area contributed by atoms with Crippen LogP contribution in [0.25, 0.3) is 0 Å². The smallest absolute Gasteiger partial charge is 0.224 e. The topological polar surface area (TPSA) is 26.3 Å². The lowest BCUT2D eigenvalue weighted by atomic mass is 9.98. The fourth-order valence-corrected chi connectivity index (χ4v) is 3.58. The van der Waals surface area contributed by atoms with Crippen molar-refractivity contribution in [2.45, 2.75) is 58.5 Å². The highest BCUT2D eigenvalue weighted by Gasteiger charge is 2.23. The van der Waals surface area contributed by atoms with Crippen LogP contribution in [-0.4, -0.2) is 12.3 Å². The lowest BCUT2D eigenvalue weighted by molar-refractivity contribution is 0.161. The Hall–Kier alpha value is -0.0700. The molecule has 1 fully saturated rings. The van der Waals surface area contributed by atoms with E-state index in [1.165, 1.54) is 19.3 Å². The second-order valence-electron chi connectivity index (χ2n) is 4.20. The minimum atomic E-state index is -2.47. The van der Waals surface area contributed by atoms with Gasteiger partial charge in [-0.05, 0) is 25.1 Å². The summed E-state index contributed by atoms with van der Waals surface area (Å²) in [6.07, 6.45) is 9.70. The van der Waals surface area contributed by atoms with Gasteiger partial charge in [-0.3, -0.25) is 4.57 Å². The second-order valence-corrected chi connectivity index (χ2v) is 6.79. The largest absolute Gasteiger partial charge is 0.322 e. The van der Waals surface area contributed by atoms with Crippen molar-refractivity contribution in [3.63, 3.8) is 0 Å². The third-order valence-electron chi connectivity index (χ3n) is 2.89. The third kappa shape index (κ3) is 4.53. The zero-order valence-electron chi connectivity index (χ0n) is 9.95. The molecule has 0 heterocycles. The predicted molar refractivity (Wildman–Crippen MR) is 65.5 cm³/mol. The molecule has 1 aliphatic carbocycles. The van der Waals surface area contributed by atoms with Crippen molar-refractivity contribution < 1.29 is 9.09 Å². The molecule has 1 atom stereocenters. The van der Waals surface area contributed by atoms with E-state index < -0.39 is 7.37 Å². The van der Waals surface area contributed by atoms with Gasteiger partial charge in [-0.25, -0.2) is 0 Å². The molecule has 88 valence electrons. The molecule has 2 nitrogen and oxygen atoms in total. The summed E-state index contributed by atoms with van der Waals surface area (Å²) in [6, 6.07) is 0. The standard InChI is InChI=1S/C12H23O2P/c1-3-5-11-15(13,4-2)14-12-9-7-6-8-10-12/h5,11-12H,3-4,6-10H2,1-2H3. The Bertz CT molecular complexity index is 242. The van der Waals surface area contributed by atoms with E-state index in [1.807, 2.05) is 18.8 Å². The Morgan fingerprint density at radius 1 is 1.27 bits per heavy atom. The minimum Gasteiger partial charge on any atom is -0.322 e. The van der Waals surface area contributed by atoms with E-state index in [4.69, 9.17) is 4.52 Å². The summed E-state index contributed by atoms with van der Waals surface area (Å²) in [7, 11) is -2.47. The number of rotatable bonds is 5. The van der Waals surface area contributed by atoms with Gasteiger partial charge >= 0.3 is 0 Å². The summed E-state index contributed by atoms with van der Waals surface area (Å²) in [5.74, 6) is 1.81. The van der Waals surface area contributed by atoms with Crippen molar-refractivity contribution in [3.05, 3.63) is 11.9 Å². The van der Waals surface area contributed by atoms with Crippen molar-refractivity contribution in [2.75, 3.05) is 6.16 Å². The van der Waals surface area contributed by atoms with Crippen LogP contribution >= 0.6 is 7.37 Å². The van der Waals surface area contributed by atoms with E-state index in [9.17, 15) is 4.57 Å². The van der Waals surface area contributed by atoms with E-state index >= 15 is 0 Å². The maximum Gasteiger partial charge on any atom is 0.224 e. The molecule has 0 amide bonds. The van der Waals surface area contributed by atoms with Crippen LogP contribution in [0.5, 0.6) is 0 Å². The van der Waals surface area contributed by atoms with Crippen molar-refractivity contribution in [3.8, 4) is 0 Å². The van der Waals surface area contributed by atoms with Gasteiger partial charge in [0.05, 0.1) is 6.10 Å². The van der Waals surface area contributed by atoms with Gasteiger partial charge in [0.15, 0.2) is 0 Å². The average Bonchev–Trinajstić information content (AvgIpc) is 2.28. The van der Waals surface area contributed by atoms with E-state index in [1.54, 1.807) is 0 Å². The van der Waals surface area contributed by atoms with Crippen molar-refractivity contribution in [2.24, 2.45) is 0 Å². The molecule has 1 unspecified atom stereocenters. The molecule has 1 aliphatic rings. The summed E-state index contributed by atoms with van der Waals surface area (Å²) in [6.45, 7) is 4.00. The molecular formula is C12H23O2P. The molecule has 0 aromatic rings. The van der Waals surface area contributed by atoms with Gasteiger partial charge in [-0.2, -0.15) is 0 Å². The lowest BCUT2D eigenvalue weighted by Crippen LogP contribution is -2.15. The summed E-state index contributed by atoms with van der Waals surface area (Å²) < 4.78 is 18.1. The Kier molecular flexibility index (Phi) is 5.63. The van der Waals surface area contributed by atoms with Gasteiger partial charge < -0.3 is 4.52 Å². The number of hydrogen-bond acceptors (Lipinski definition) is 2.